The Labute approximate surface area is 771 Å². The molecule has 5 fully saturated rings. The van der Waals surface area contributed by atoms with E-state index < -0.39 is 128 Å². The summed E-state index contributed by atoms with van der Waals surface area (Å²) in [5.41, 5.74) is 5.18. The van der Waals surface area contributed by atoms with Crippen LogP contribution in [-0.2, 0) is 95.5 Å². The van der Waals surface area contributed by atoms with E-state index in [0.29, 0.717) is 164 Å². The molecule has 5 aliphatic rings. The number of hydrogen-bond donors (Lipinski definition) is 4. The Morgan fingerprint density at radius 3 is 1.13 bits per heavy atom. The van der Waals surface area contributed by atoms with Crippen molar-refractivity contribution in [3.8, 4) is 18.2 Å². The Bertz CT molecular complexity index is 6030. The molecule has 42 heteroatoms. The number of nitrogens with one attached hydrogen (secondary N) is 4. The van der Waals surface area contributed by atoms with Gasteiger partial charge in [-0.1, -0.05) is 79.0 Å². The molecule has 706 valence electrons. The molecule has 0 atom stereocenters. The number of esters is 4. The number of hydrogen-bond acceptors (Lipinski definition) is 31. The van der Waals surface area contributed by atoms with Gasteiger partial charge in [0, 0.05) is 82.5 Å². The lowest BCUT2D eigenvalue weighted by molar-refractivity contribution is -0.124. The van der Waals surface area contributed by atoms with Gasteiger partial charge >= 0.3 is 23.9 Å². The summed E-state index contributed by atoms with van der Waals surface area (Å²) in [5, 5.41) is 28.9. The molecule has 12 rings (SSSR count). The molecule has 0 spiro atoms. The number of rotatable bonds is 29. The van der Waals surface area contributed by atoms with Crippen molar-refractivity contribution in [3.05, 3.63) is 198 Å². The summed E-state index contributed by atoms with van der Waals surface area (Å²) in [7, 11) is -15.3. The van der Waals surface area contributed by atoms with Gasteiger partial charge in [0.25, 0.3) is 0 Å². The molecule has 4 aromatic heterocycles. The molecular formula is C90H106ClF2N15O20S4. The van der Waals surface area contributed by atoms with E-state index in [9.17, 15) is 96.6 Å². The monoisotopic (exact) mass is 1920 g/mol. The van der Waals surface area contributed by atoms with Crippen LogP contribution in [0.2, 0.25) is 5.02 Å². The third-order valence-corrected chi connectivity index (χ3v) is 27.7. The molecule has 0 unspecified atom stereocenters. The second kappa shape index (κ2) is 47.1. The second-order valence-corrected chi connectivity index (χ2v) is 39.6. The Kier molecular flexibility index (Phi) is 36.9. The first-order valence-corrected chi connectivity index (χ1v) is 49.9. The van der Waals surface area contributed by atoms with Crippen molar-refractivity contribution in [2.24, 2.45) is 29.6 Å². The van der Waals surface area contributed by atoms with E-state index in [1.54, 1.807) is 104 Å². The maximum absolute atomic E-state index is 13.7. The quantitative estimate of drug-likeness (QED) is 0.0250. The molecule has 132 heavy (non-hydrogen) atoms. The number of aromatic nitrogens is 4. The average Bonchev–Trinajstić information content (AvgIpc) is 0.843. The SMILES string of the molecule is CCOC(=O)c1cc(C#N)c(N2CC(CC(=O)NS(=O)(=O)Cc3ccc(F)cc3)C2)nc1C.CCOC(=O)c1cc(C#N)c(N2CCC(C(=O)NS(=O)(=O)CC3CCCC3)CC2)nc1C.CCOC(=O)c1cc(C#N)c(N2CCC(C(=O)NS(=O)(=O)Cc3ccc(C)c(F)c3)CC2)nc1C.CCOC(=O)c1cc(Cl)c(N2CCC(C(=O)NS(=O)(=O)Cc3ccccc3)CC2)nc1C. The van der Waals surface area contributed by atoms with Gasteiger partial charge < -0.3 is 38.5 Å². The summed E-state index contributed by atoms with van der Waals surface area (Å²) < 4.78 is 154. The largest absolute Gasteiger partial charge is 0.462 e. The number of carbonyl (C=O) groups excluding carboxylic acids is 8. The highest BCUT2D eigenvalue weighted by Crippen LogP contribution is 2.35. The lowest BCUT2D eigenvalue weighted by Gasteiger charge is -2.40. The average molecular weight is 1920 g/mol. The number of halogens is 3. The maximum atomic E-state index is 13.7. The molecule has 8 heterocycles. The lowest BCUT2D eigenvalue weighted by Crippen LogP contribution is -2.49. The number of anilines is 4. The van der Waals surface area contributed by atoms with E-state index in [4.69, 9.17) is 30.5 Å². The Balaban J connectivity index is 0.000000198. The van der Waals surface area contributed by atoms with Gasteiger partial charge in [-0.3, -0.25) is 38.1 Å². The van der Waals surface area contributed by atoms with E-state index in [1.807, 2.05) is 25.5 Å². The fourth-order valence-electron chi connectivity index (χ4n) is 15.5. The van der Waals surface area contributed by atoms with Crippen molar-refractivity contribution in [1.29, 1.82) is 15.8 Å². The molecule has 4 N–H and O–H groups in total. The molecule has 4 aliphatic heterocycles. The topological polar surface area (TPSA) is 494 Å². The first-order valence-electron chi connectivity index (χ1n) is 42.9. The number of nitriles is 3. The zero-order chi connectivity index (χ0) is 96.5. The molecule has 0 radical (unpaired) electrons. The van der Waals surface area contributed by atoms with Crippen LogP contribution in [-0.4, -0.2) is 186 Å². The summed E-state index contributed by atoms with van der Waals surface area (Å²) in [6.07, 6.45) is 6.42. The van der Waals surface area contributed by atoms with E-state index >= 15 is 0 Å². The number of aryl methyl sites for hydroxylation is 5. The highest BCUT2D eigenvalue weighted by molar-refractivity contribution is 7.90. The Hall–Kier alpha value is -12.4. The molecule has 7 aromatic rings. The summed E-state index contributed by atoms with van der Waals surface area (Å²) in [6.45, 7) is 19.4. The van der Waals surface area contributed by atoms with Gasteiger partial charge in [0.2, 0.25) is 63.7 Å². The second-order valence-electron chi connectivity index (χ2n) is 32.2. The lowest BCUT2D eigenvalue weighted by atomic mass is 9.95. The van der Waals surface area contributed by atoms with Gasteiger partial charge in [0.05, 0.1) is 116 Å². The fraction of sp³-hybridized carbons (Fsp3) is 0.456. The number of piperidine rings is 3. The minimum Gasteiger partial charge on any atom is -0.462 e. The number of carbonyl (C=O) groups is 8. The van der Waals surface area contributed by atoms with Crippen molar-refractivity contribution >= 4 is 122 Å². The summed E-state index contributed by atoms with van der Waals surface area (Å²) in [6, 6.07) is 30.0. The van der Waals surface area contributed by atoms with E-state index in [0.717, 1.165) is 43.9 Å². The predicted octanol–water partition coefficient (Wildman–Crippen LogP) is 10.2. The maximum Gasteiger partial charge on any atom is 0.340 e. The van der Waals surface area contributed by atoms with Crippen molar-refractivity contribution in [3.63, 3.8) is 0 Å². The van der Waals surface area contributed by atoms with E-state index in [-0.39, 0.29) is 95.1 Å². The molecule has 4 saturated heterocycles. The molecular weight excluding hydrogens is 1810 g/mol. The first-order chi connectivity index (χ1) is 62.6. The summed E-state index contributed by atoms with van der Waals surface area (Å²) >= 11 is 6.37. The molecule has 1 saturated carbocycles. The van der Waals surface area contributed by atoms with Crippen LogP contribution in [0, 0.1) is 110 Å². The molecule has 3 aromatic carbocycles. The number of ether oxygens (including phenoxy) is 4. The minimum atomic E-state index is -3.99. The van der Waals surface area contributed by atoms with E-state index in [2.05, 4.69) is 46.2 Å². The number of pyridine rings is 4. The summed E-state index contributed by atoms with van der Waals surface area (Å²) in [4.78, 5) is 123. The molecule has 35 nitrogen and oxygen atoms in total. The van der Waals surface area contributed by atoms with Crippen LogP contribution in [0.1, 0.15) is 201 Å². The van der Waals surface area contributed by atoms with Gasteiger partial charge in [-0.15, -0.1) is 0 Å². The zero-order valence-electron chi connectivity index (χ0n) is 74.6. The Morgan fingerprint density at radius 1 is 0.417 bits per heavy atom. The van der Waals surface area contributed by atoms with Crippen LogP contribution in [0.4, 0.5) is 32.1 Å². The van der Waals surface area contributed by atoms with Gasteiger partial charge in [0.15, 0.2) is 0 Å². The number of benzene rings is 3. The van der Waals surface area contributed by atoms with Crippen LogP contribution in [0.25, 0.3) is 0 Å². The fourth-order valence-corrected chi connectivity index (χ4v) is 20.8. The zero-order valence-corrected chi connectivity index (χ0v) is 78.6. The van der Waals surface area contributed by atoms with Gasteiger partial charge in [0.1, 0.15) is 53.1 Å². The first kappa shape index (κ1) is 103. The highest BCUT2D eigenvalue weighted by Gasteiger charge is 2.37. The smallest absolute Gasteiger partial charge is 0.340 e. The molecule has 0 bridgehead atoms. The Morgan fingerprint density at radius 2 is 0.750 bits per heavy atom. The van der Waals surface area contributed by atoms with Crippen LogP contribution in [0.3, 0.4) is 0 Å². The molecule has 4 amide bonds. The molecule has 1 aliphatic carbocycles. The standard InChI is InChI=1S/C24H27FN4O5S.C22H26ClN3O5S.C22H23FN4O5S.C22H30N4O5S/c1-4-34-24(31)20-12-19(13-26)22(27-16(20)3)29-9-7-18(8-10-29)23(30)28-35(32,33)14-17-6-5-15(2)21(25)11-17;1-3-31-22(28)18-13-19(23)20(24-15(18)2)26-11-9-17(10-12-26)21(27)25-32(29,30)14-16-7-5-4-6-8-16;1-3-32-22(29)19-9-17(10-24)21(25-14(19)2)27-11-16(12-27)8-20(28)26-33(30,31)13-15-4-6-18(23)7-5-15;1-3-31-22(28)19-12-18(13-23)20(24-15(19)2)26-10-8-17(9-11-26)21(27)25-32(29,30)14-16-6-4-5-7-16/h5-6,11-12,18H,4,7-10,14H2,1-3H3,(H,28,30);4-8,13,17H,3,9-12,14H2,1-2H3,(H,25,27);4-7,9,16H,3,8,11-13H2,1-2H3,(H,26,28);12,16-17H,3-11,14H2,1-2H3,(H,25,27). The van der Waals surface area contributed by atoms with Gasteiger partial charge in [-0.05, 0) is 184 Å². The van der Waals surface area contributed by atoms with Crippen LogP contribution in [0.15, 0.2) is 97.1 Å². The number of nitrogens with zero attached hydrogens (tertiary/aromatic N) is 11. The van der Waals surface area contributed by atoms with Crippen molar-refractivity contribution in [2.45, 2.75) is 150 Å². The predicted molar refractivity (Wildman–Crippen MR) is 484 cm³/mol. The van der Waals surface area contributed by atoms with Gasteiger partial charge in [-0.25, -0.2) is 81.6 Å². The number of amides is 4. The van der Waals surface area contributed by atoms with Crippen LogP contribution in [0.5, 0.6) is 0 Å². The van der Waals surface area contributed by atoms with Crippen molar-refractivity contribution in [1.82, 2.24) is 38.8 Å². The van der Waals surface area contributed by atoms with E-state index in [1.165, 1.54) is 42.5 Å². The number of sulfonamides is 4. The van der Waals surface area contributed by atoms with Crippen molar-refractivity contribution in [2.75, 3.05) is 104 Å². The third kappa shape index (κ3) is 29.3. The van der Waals surface area contributed by atoms with Crippen LogP contribution >= 0.6 is 11.6 Å². The van der Waals surface area contributed by atoms with Crippen LogP contribution < -0.4 is 38.5 Å². The third-order valence-electron chi connectivity index (χ3n) is 22.3. The van der Waals surface area contributed by atoms with Gasteiger partial charge in [-0.2, -0.15) is 15.8 Å². The highest BCUT2D eigenvalue weighted by atomic mass is 35.5. The van der Waals surface area contributed by atoms with Crippen molar-refractivity contribution < 1.29 is 99.8 Å². The minimum absolute atomic E-state index is 0.0130. The normalized spacial score (nSPS) is 15.1. The summed E-state index contributed by atoms with van der Waals surface area (Å²) in [5.74, 6) is -5.98.